The van der Waals surface area contributed by atoms with Crippen LogP contribution in [-0.2, 0) is 23.0 Å². The van der Waals surface area contributed by atoms with Crippen molar-refractivity contribution in [3.05, 3.63) is 53.8 Å². The normalized spacial score (nSPS) is 11.7. The molecular weight excluding hydrogens is 344 g/mol. The summed E-state index contributed by atoms with van der Waals surface area (Å²) >= 11 is 1.31. The van der Waals surface area contributed by atoms with Crippen molar-refractivity contribution in [3.8, 4) is 11.3 Å². The molecule has 8 heteroatoms. The molecule has 0 bridgehead atoms. The highest BCUT2D eigenvalue weighted by Gasteiger charge is 2.16. The molecule has 6 nitrogen and oxygen atoms in total. The smallest absolute Gasteiger partial charge is 0.250 e. The summed E-state index contributed by atoms with van der Waals surface area (Å²) in [5.41, 5.74) is 1.82. The molecule has 3 aromatic rings. The summed E-state index contributed by atoms with van der Waals surface area (Å²) in [6.45, 7) is 2.77. The number of nitrogens with one attached hydrogen (secondary N) is 1. The Kier molecular flexibility index (Phi) is 5.08. The van der Waals surface area contributed by atoms with Crippen LogP contribution in [0.1, 0.15) is 11.8 Å². The first-order valence-corrected chi connectivity index (χ1v) is 9.90. The Morgan fingerprint density at radius 1 is 1.17 bits per heavy atom. The number of aryl methyl sites for hydroxylation is 1. The Morgan fingerprint density at radius 3 is 2.67 bits per heavy atom. The van der Waals surface area contributed by atoms with Gasteiger partial charge in [0, 0.05) is 35.6 Å². The Balaban J connectivity index is 1.59. The molecule has 3 rings (SSSR count). The fourth-order valence-corrected chi connectivity index (χ4v) is 4.58. The molecule has 0 aromatic carbocycles. The molecule has 3 heterocycles. The van der Waals surface area contributed by atoms with Crippen LogP contribution < -0.4 is 4.72 Å². The Labute approximate surface area is 145 Å². The maximum atomic E-state index is 12.2. The van der Waals surface area contributed by atoms with Gasteiger partial charge in [-0.3, -0.25) is 9.67 Å². The first kappa shape index (κ1) is 16.8. The first-order valence-electron chi connectivity index (χ1n) is 7.61. The standard InChI is InChI=1S/C16H18N4O2S2/c1-2-14-3-4-16(23-14)24(21,22)18-10-12-20-11-7-15(19-20)13-5-8-17-9-6-13/h3-9,11,18H,2,10,12H2,1H3. The van der Waals surface area contributed by atoms with Crippen molar-refractivity contribution >= 4 is 21.4 Å². The van der Waals surface area contributed by atoms with E-state index in [1.165, 1.54) is 11.3 Å². The van der Waals surface area contributed by atoms with Gasteiger partial charge in [0.05, 0.1) is 12.2 Å². The van der Waals surface area contributed by atoms with Crippen molar-refractivity contribution in [2.24, 2.45) is 0 Å². The van der Waals surface area contributed by atoms with E-state index in [4.69, 9.17) is 0 Å². The third-order valence-electron chi connectivity index (χ3n) is 3.50. The van der Waals surface area contributed by atoms with Gasteiger partial charge in [0.15, 0.2) is 0 Å². The van der Waals surface area contributed by atoms with Gasteiger partial charge in [-0.25, -0.2) is 13.1 Å². The van der Waals surface area contributed by atoms with E-state index in [1.807, 2.05) is 37.4 Å². The number of nitrogens with zero attached hydrogens (tertiary/aromatic N) is 3. The average Bonchev–Trinajstić information content (AvgIpc) is 3.25. The second kappa shape index (κ2) is 7.25. The van der Waals surface area contributed by atoms with E-state index in [1.54, 1.807) is 23.1 Å². The van der Waals surface area contributed by atoms with Crippen molar-refractivity contribution in [3.63, 3.8) is 0 Å². The van der Waals surface area contributed by atoms with E-state index in [0.29, 0.717) is 17.3 Å². The number of hydrogen-bond acceptors (Lipinski definition) is 5. The van der Waals surface area contributed by atoms with Gasteiger partial charge in [0.1, 0.15) is 4.21 Å². The summed E-state index contributed by atoms with van der Waals surface area (Å²) in [6.07, 6.45) is 6.11. The van der Waals surface area contributed by atoms with Gasteiger partial charge >= 0.3 is 0 Å². The molecule has 0 amide bonds. The number of rotatable bonds is 7. The van der Waals surface area contributed by atoms with E-state index in [2.05, 4.69) is 14.8 Å². The molecule has 24 heavy (non-hydrogen) atoms. The lowest BCUT2D eigenvalue weighted by Crippen LogP contribution is -2.27. The van der Waals surface area contributed by atoms with Crippen molar-refractivity contribution in [2.45, 2.75) is 24.1 Å². The van der Waals surface area contributed by atoms with Gasteiger partial charge in [-0.1, -0.05) is 6.92 Å². The van der Waals surface area contributed by atoms with Crippen LogP contribution in [0.15, 0.2) is 53.1 Å². The van der Waals surface area contributed by atoms with E-state index in [-0.39, 0.29) is 0 Å². The zero-order valence-corrected chi connectivity index (χ0v) is 14.8. The minimum absolute atomic E-state index is 0.291. The van der Waals surface area contributed by atoms with Crippen LogP contribution in [0.25, 0.3) is 11.3 Å². The molecule has 0 spiro atoms. The van der Waals surface area contributed by atoms with Gasteiger partial charge in [-0.15, -0.1) is 11.3 Å². The molecule has 126 valence electrons. The van der Waals surface area contributed by atoms with Crippen molar-refractivity contribution in [1.82, 2.24) is 19.5 Å². The average molecular weight is 362 g/mol. The Hall–Kier alpha value is -2.03. The lowest BCUT2D eigenvalue weighted by atomic mass is 10.2. The molecule has 0 unspecified atom stereocenters. The third kappa shape index (κ3) is 3.89. The summed E-state index contributed by atoms with van der Waals surface area (Å²) in [6, 6.07) is 9.18. The quantitative estimate of drug-likeness (QED) is 0.701. The molecule has 0 radical (unpaired) electrons. The zero-order chi connectivity index (χ0) is 17.0. The molecule has 1 N–H and O–H groups in total. The number of thiophene rings is 1. The Morgan fingerprint density at radius 2 is 1.96 bits per heavy atom. The predicted octanol–water partition coefficient (Wildman–Crippen LogP) is 2.55. The summed E-state index contributed by atoms with van der Waals surface area (Å²) in [5.74, 6) is 0. The zero-order valence-electron chi connectivity index (χ0n) is 13.2. The van der Waals surface area contributed by atoms with E-state index in [9.17, 15) is 8.42 Å². The maximum Gasteiger partial charge on any atom is 0.250 e. The fourth-order valence-electron chi connectivity index (χ4n) is 2.22. The maximum absolute atomic E-state index is 12.2. The summed E-state index contributed by atoms with van der Waals surface area (Å²) in [5, 5.41) is 4.45. The summed E-state index contributed by atoms with van der Waals surface area (Å²) in [7, 11) is -3.45. The molecule has 0 fully saturated rings. The molecule has 3 aromatic heterocycles. The number of pyridine rings is 1. The minimum Gasteiger partial charge on any atom is -0.271 e. The van der Waals surface area contributed by atoms with Crippen molar-refractivity contribution < 1.29 is 8.42 Å². The molecule has 0 atom stereocenters. The van der Waals surface area contributed by atoms with Gasteiger partial charge in [0.25, 0.3) is 0 Å². The van der Waals surface area contributed by atoms with Crippen molar-refractivity contribution in [1.29, 1.82) is 0 Å². The lowest BCUT2D eigenvalue weighted by molar-refractivity contribution is 0.563. The van der Waals surface area contributed by atoms with Gasteiger partial charge in [-0.2, -0.15) is 5.10 Å². The lowest BCUT2D eigenvalue weighted by Gasteiger charge is -2.05. The van der Waals surface area contributed by atoms with Crippen LogP contribution in [0, 0.1) is 0 Å². The molecule has 0 aliphatic carbocycles. The highest BCUT2D eigenvalue weighted by molar-refractivity contribution is 7.91. The first-order chi connectivity index (χ1) is 11.6. The van der Waals surface area contributed by atoms with Gasteiger partial charge < -0.3 is 0 Å². The van der Waals surface area contributed by atoms with E-state index < -0.39 is 10.0 Å². The van der Waals surface area contributed by atoms with Crippen LogP contribution >= 0.6 is 11.3 Å². The number of aromatic nitrogens is 3. The topological polar surface area (TPSA) is 76.9 Å². The van der Waals surface area contributed by atoms with Gasteiger partial charge in [0.2, 0.25) is 10.0 Å². The molecular formula is C16H18N4O2S2. The van der Waals surface area contributed by atoms with Crippen molar-refractivity contribution in [2.75, 3.05) is 6.54 Å². The third-order valence-corrected chi connectivity index (χ3v) is 6.68. The van der Waals surface area contributed by atoms with Gasteiger partial charge in [-0.05, 0) is 36.8 Å². The molecule has 0 aliphatic rings. The molecule has 0 saturated carbocycles. The second-order valence-corrected chi connectivity index (χ2v) is 8.33. The second-order valence-electron chi connectivity index (χ2n) is 5.17. The minimum atomic E-state index is -3.45. The Bertz CT molecular complexity index is 901. The number of hydrogen-bond donors (Lipinski definition) is 1. The number of sulfonamides is 1. The van der Waals surface area contributed by atoms with Crippen LogP contribution in [0.4, 0.5) is 0 Å². The van der Waals surface area contributed by atoms with Crippen LogP contribution in [0.2, 0.25) is 0 Å². The van der Waals surface area contributed by atoms with E-state index in [0.717, 1.165) is 22.6 Å². The molecule has 0 saturated heterocycles. The summed E-state index contributed by atoms with van der Waals surface area (Å²) in [4.78, 5) is 5.04. The largest absolute Gasteiger partial charge is 0.271 e. The fraction of sp³-hybridized carbons (Fsp3) is 0.250. The highest BCUT2D eigenvalue weighted by atomic mass is 32.2. The van der Waals surface area contributed by atoms with Crippen LogP contribution in [0.3, 0.4) is 0 Å². The SMILES string of the molecule is CCc1ccc(S(=O)(=O)NCCn2ccc(-c3ccncc3)n2)s1. The van der Waals surface area contributed by atoms with Crippen LogP contribution in [0.5, 0.6) is 0 Å². The van der Waals surface area contributed by atoms with E-state index >= 15 is 0 Å². The monoisotopic (exact) mass is 362 g/mol. The summed E-state index contributed by atoms with van der Waals surface area (Å²) < 4.78 is 29.2. The predicted molar refractivity (Wildman–Crippen MR) is 94.3 cm³/mol. The van der Waals surface area contributed by atoms with Crippen LogP contribution in [-0.4, -0.2) is 29.7 Å². The highest BCUT2D eigenvalue weighted by Crippen LogP contribution is 2.21. The molecule has 0 aliphatic heterocycles.